The highest BCUT2D eigenvalue weighted by Crippen LogP contribution is 2.21. The third-order valence-corrected chi connectivity index (χ3v) is 5.82. The Kier molecular flexibility index (Phi) is 7.10. The zero-order chi connectivity index (χ0) is 23.2. The average Bonchev–Trinajstić information content (AvgIpc) is 2.87. The number of rotatable bonds is 6. The van der Waals surface area contributed by atoms with E-state index < -0.39 is 0 Å². The van der Waals surface area contributed by atoms with E-state index in [1.807, 2.05) is 29.2 Å². The van der Waals surface area contributed by atoms with Gasteiger partial charge in [-0.05, 0) is 48.0 Å². The van der Waals surface area contributed by atoms with Gasteiger partial charge in [0.05, 0.1) is 12.7 Å². The predicted octanol–water partition coefficient (Wildman–Crippen LogP) is 3.64. The van der Waals surface area contributed by atoms with Crippen LogP contribution in [-0.2, 0) is 6.54 Å². The van der Waals surface area contributed by atoms with Crippen molar-refractivity contribution in [2.75, 3.05) is 38.2 Å². The summed E-state index contributed by atoms with van der Waals surface area (Å²) in [6.07, 6.45) is 1.68. The number of hydrogen-bond acceptors (Lipinski definition) is 5. The molecule has 1 fully saturated rings. The number of ether oxygens (including phenoxy) is 1. The number of pyridine rings is 1. The van der Waals surface area contributed by atoms with Gasteiger partial charge in [-0.2, -0.15) is 0 Å². The Morgan fingerprint density at radius 1 is 1.03 bits per heavy atom. The molecule has 3 aromatic rings. The molecule has 0 spiro atoms. The number of carbonyl (C=O) groups excluding carboxylic acids is 2. The summed E-state index contributed by atoms with van der Waals surface area (Å²) in [5, 5.41) is 3.50. The smallest absolute Gasteiger partial charge is 0.255 e. The zero-order valence-electron chi connectivity index (χ0n) is 18.3. The van der Waals surface area contributed by atoms with Crippen LogP contribution in [0.4, 0.5) is 5.82 Å². The molecule has 2 aromatic carbocycles. The maximum absolute atomic E-state index is 12.9. The van der Waals surface area contributed by atoms with Crippen LogP contribution in [0.25, 0.3) is 0 Å². The van der Waals surface area contributed by atoms with Crippen LogP contribution in [0.3, 0.4) is 0 Å². The minimum Gasteiger partial charge on any atom is -0.497 e. The molecule has 0 saturated carbocycles. The number of nitrogens with zero attached hydrogens (tertiary/aromatic N) is 3. The van der Waals surface area contributed by atoms with Crippen LogP contribution in [-0.4, -0.2) is 55.0 Å². The number of carbonyl (C=O) groups is 2. The van der Waals surface area contributed by atoms with E-state index in [2.05, 4.69) is 10.3 Å². The number of benzene rings is 2. The lowest BCUT2D eigenvalue weighted by molar-refractivity contribution is 0.0745. The zero-order valence-corrected chi connectivity index (χ0v) is 19.1. The van der Waals surface area contributed by atoms with Gasteiger partial charge in [0.1, 0.15) is 11.6 Å². The van der Waals surface area contributed by atoms with Gasteiger partial charge in [-0.25, -0.2) is 4.98 Å². The third-order valence-electron chi connectivity index (χ3n) is 5.58. The van der Waals surface area contributed by atoms with Crippen LogP contribution in [0.2, 0.25) is 5.02 Å². The van der Waals surface area contributed by atoms with E-state index in [4.69, 9.17) is 16.3 Å². The van der Waals surface area contributed by atoms with Crippen molar-refractivity contribution in [1.82, 2.24) is 15.2 Å². The molecule has 1 aromatic heterocycles. The van der Waals surface area contributed by atoms with Gasteiger partial charge in [-0.3, -0.25) is 9.59 Å². The van der Waals surface area contributed by atoms with E-state index in [1.165, 1.54) is 0 Å². The van der Waals surface area contributed by atoms with Gasteiger partial charge in [-0.1, -0.05) is 29.8 Å². The van der Waals surface area contributed by atoms with Crippen molar-refractivity contribution >= 4 is 29.2 Å². The van der Waals surface area contributed by atoms with Crippen molar-refractivity contribution in [2.24, 2.45) is 0 Å². The largest absolute Gasteiger partial charge is 0.497 e. The van der Waals surface area contributed by atoms with Crippen LogP contribution < -0.4 is 15.0 Å². The molecule has 33 heavy (non-hydrogen) atoms. The molecule has 8 heteroatoms. The van der Waals surface area contributed by atoms with E-state index in [0.29, 0.717) is 54.7 Å². The van der Waals surface area contributed by atoms with Crippen LogP contribution in [0.1, 0.15) is 26.3 Å². The molecule has 0 radical (unpaired) electrons. The second-order valence-electron chi connectivity index (χ2n) is 7.69. The van der Waals surface area contributed by atoms with Gasteiger partial charge >= 0.3 is 0 Å². The first-order valence-corrected chi connectivity index (χ1v) is 11.1. The fraction of sp³-hybridized carbons (Fsp3) is 0.240. The summed E-state index contributed by atoms with van der Waals surface area (Å²) in [5.41, 5.74) is 2.07. The number of hydrogen-bond donors (Lipinski definition) is 1. The lowest BCUT2D eigenvalue weighted by Crippen LogP contribution is -2.49. The van der Waals surface area contributed by atoms with Gasteiger partial charge in [0.25, 0.3) is 11.8 Å². The summed E-state index contributed by atoms with van der Waals surface area (Å²) < 4.78 is 5.17. The minimum absolute atomic E-state index is 0.0457. The van der Waals surface area contributed by atoms with Crippen LogP contribution >= 0.6 is 11.6 Å². The number of methoxy groups -OCH3 is 1. The maximum Gasteiger partial charge on any atom is 0.255 e. The number of anilines is 1. The molecule has 1 saturated heterocycles. The molecule has 0 bridgehead atoms. The molecule has 1 aliphatic rings. The van der Waals surface area contributed by atoms with Crippen LogP contribution in [0.5, 0.6) is 5.75 Å². The van der Waals surface area contributed by atoms with Crippen molar-refractivity contribution in [3.63, 3.8) is 0 Å². The molecular weight excluding hydrogens is 440 g/mol. The van der Waals surface area contributed by atoms with Crippen molar-refractivity contribution in [3.8, 4) is 5.75 Å². The summed E-state index contributed by atoms with van der Waals surface area (Å²) in [5.74, 6) is 1.16. The first-order valence-electron chi connectivity index (χ1n) is 10.7. The fourth-order valence-corrected chi connectivity index (χ4v) is 3.96. The van der Waals surface area contributed by atoms with Crippen molar-refractivity contribution in [2.45, 2.75) is 6.54 Å². The average molecular weight is 465 g/mol. The number of halogens is 1. The van der Waals surface area contributed by atoms with Gasteiger partial charge in [-0.15, -0.1) is 0 Å². The molecule has 4 rings (SSSR count). The molecule has 2 heterocycles. The second kappa shape index (κ2) is 10.4. The van der Waals surface area contributed by atoms with E-state index in [-0.39, 0.29) is 11.8 Å². The molecule has 0 atom stereocenters. The van der Waals surface area contributed by atoms with E-state index in [1.54, 1.807) is 54.6 Å². The Morgan fingerprint density at radius 2 is 1.79 bits per heavy atom. The molecule has 2 amide bonds. The predicted molar refractivity (Wildman–Crippen MR) is 128 cm³/mol. The second-order valence-corrected chi connectivity index (χ2v) is 8.13. The summed E-state index contributed by atoms with van der Waals surface area (Å²) in [7, 11) is 1.62. The monoisotopic (exact) mass is 464 g/mol. The topological polar surface area (TPSA) is 74.8 Å². The summed E-state index contributed by atoms with van der Waals surface area (Å²) >= 11 is 6.03. The maximum atomic E-state index is 12.9. The van der Waals surface area contributed by atoms with Crippen molar-refractivity contribution < 1.29 is 14.3 Å². The van der Waals surface area contributed by atoms with E-state index >= 15 is 0 Å². The Labute approximate surface area is 197 Å². The van der Waals surface area contributed by atoms with E-state index in [9.17, 15) is 9.59 Å². The summed E-state index contributed by atoms with van der Waals surface area (Å²) in [6, 6.07) is 18.1. The Morgan fingerprint density at radius 3 is 2.48 bits per heavy atom. The number of aromatic nitrogens is 1. The number of piperazine rings is 1. The molecule has 1 aliphatic heterocycles. The fourth-order valence-electron chi connectivity index (χ4n) is 3.77. The first-order chi connectivity index (χ1) is 16.0. The SMILES string of the molecule is COc1ccc(CNC(=O)c2cccnc2N2CCN(C(=O)c3cccc(Cl)c3)CC2)cc1. The number of nitrogens with one attached hydrogen (secondary N) is 1. The quantitative estimate of drug-likeness (QED) is 0.603. The standard InChI is InChI=1S/C25H25ClN4O3/c1-33-21-9-7-18(8-10-21)17-28-24(31)22-6-3-11-27-23(22)29-12-14-30(15-13-29)25(32)19-4-2-5-20(26)16-19/h2-11,16H,12-15,17H2,1H3,(H,28,31). The summed E-state index contributed by atoms with van der Waals surface area (Å²) in [6.45, 7) is 2.65. The highest BCUT2D eigenvalue weighted by atomic mass is 35.5. The molecule has 170 valence electrons. The summed E-state index contributed by atoms with van der Waals surface area (Å²) in [4.78, 5) is 34.0. The lowest BCUT2D eigenvalue weighted by Gasteiger charge is -2.36. The Hall–Kier alpha value is -3.58. The molecule has 1 N–H and O–H groups in total. The van der Waals surface area contributed by atoms with Gasteiger partial charge in [0.15, 0.2) is 0 Å². The molecular formula is C25H25ClN4O3. The highest BCUT2D eigenvalue weighted by molar-refractivity contribution is 6.30. The van der Waals surface area contributed by atoms with Crippen molar-refractivity contribution in [3.05, 3.63) is 88.6 Å². The normalized spacial score (nSPS) is 13.5. The Bertz CT molecular complexity index is 1130. The van der Waals surface area contributed by atoms with Crippen molar-refractivity contribution in [1.29, 1.82) is 0 Å². The van der Waals surface area contributed by atoms with Crippen LogP contribution in [0.15, 0.2) is 66.9 Å². The lowest BCUT2D eigenvalue weighted by atomic mass is 10.1. The molecule has 7 nitrogen and oxygen atoms in total. The van der Waals surface area contributed by atoms with E-state index in [0.717, 1.165) is 11.3 Å². The van der Waals surface area contributed by atoms with Crippen LogP contribution in [0, 0.1) is 0 Å². The Balaban J connectivity index is 1.39. The third kappa shape index (κ3) is 5.43. The first kappa shape index (κ1) is 22.6. The minimum atomic E-state index is -0.189. The van der Waals surface area contributed by atoms with Gasteiger partial charge < -0.3 is 19.9 Å². The highest BCUT2D eigenvalue weighted by Gasteiger charge is 2.25. The molecule has 0 aliphatic carbocycles. The number of amides is 2. The van der Waals surface area contributed by atoms with Gasteiger partial charge in [0, 0.05) is 49.5 Å². The van der Waals surface area contributed by atoms with Gasteiger partial charge in [0.2, 0.25) is 0 Å². The molecule has 0 unspecified atom stereocenters.